The number of likely N-dealkylation sites (tertiary alicyclic amines) is 2. The van der Waals surface area contributed by atoms with E-state index in [0.29, 0.717) is 0 Å². The van der Waals surface area contributed by atoms with Crippen LogP contribution in [-0.4, -0.2) is 55.0 Å². The number of amides is 1. The van der Waals surface area contributed by atoms with Gasteiger partial charge in [0.25, 0.3) is 0 Å². The molecule has 2 atom stereocenters. The van der Waals surface area contributed by atoms with Crippen LogP contribution < -0.4 is 5.32 Å². The third-order valence-corrected chi connectivity index (χ3v) is 6.38. The summed E-state index contributed by atoms with van der Waals surface area (Å²) >= 11 is 6.08. The molecular formula is C23H36ClN3O. The fourth-order valence-corrected chi connectivity index (χ4v) is 5.09. The first kappa shape index (κ1) is 21.6. The molecular weight excluding hydrogens is 370 g/mol. The van der Waals surface area contributed by atoms with Crippen molar-refractivity contribution >= 4 is 17.5 Å². The van der Waals surface area contributed by atoms with Gasteiger partial charge in [-0.05, 0) is 74.8 Å². The Kier molecular flexibility index (Phi) is 8.19. The summed E-state index contributed by atoms with van der Waals surface area (Å²) in [6.45, 7) is 11.9. The van der Waals surface area contributed by atoms with E-state index >= 15 is 0 Å². The summed E-state index contributed by atoms with van der Waals surface area (Å²) < 4.78 is 0. The maximum atomic E-state index is 12.5. The molecule has 1 amide bonds. The molecule has 0 aliphatic carbocycles. The van der Waals surface area contributed by atoms with E-state index in [4.69, 9.17) is 11.6 Å². The van der Waals surface area contributed by atoms with Crippen LogP contribution in [-0.2, 0) is 11.3 Å². The minimum Gasteiger partial charge on any atom is -0.356 e. The molecule has 0 bridgehead atoms. The number of hydrogen-bond acceptors (Lipinski definition) is 3. The van der Waals surface area contributed by atoms with Gasteiger partial charge in [-0.15, -0.1) is 0 Å². The van der Waals surface area contributed by atoms with Crippen LogP contribution in [0.4, 0.5) is 0 Å². The van der Waals surface area contributed by atoms with Crippen molar-refractivity contribution in [3.63, 3.8) is 0 Å². The molecule has 0 unspecified atom stereocenters. The van der Waals surface area contributed by atoms with Gasteiger partial charge in [0.2, 0.25) is 5.91 Å². The molecule has 0 spiro atoms. The van der Waals surface area contributed by atoms with Crippen molar-refractivity contribution in [3.8, 4) is 0 Å². The van der Waals surface area contributed by atoms with Crippen LogP contribution in [0.5, 0.6) is 0 Å². The fourth-order valence-electron chi connectivity index (χ4n) is 4.88. The molecule has 2 fully saturated rings. The predicted octanol–water partition coefficient (Wildman–Crippen LogP) is 4.04. The van der Waals surface area contributed by atoms with Crippen LogP contribution in [0.25, 0.3) is 0 Å². The van der Waals surface area contributed by atoms with Gasteiger partial charge in [0.15, 0.2) is 0 Å². The Bertz CT molecular complexity index is 620. The molecule has 2 saturated heterocycles. The van der Waals surface area contributed by atoms with Crippen LogP contribution in [0.3, 0.4) is 0 Å². The number of rotatable bonds is 7. The first-order valence-corrected chi connectivity index (χ1v) is 11.3. The van der Waals surface area contributed by atoms with Gasteiger partial charge < -0.3 is 10.2 Å². The Morgan fingerprint density at radius 2 is 1.86 bits per heavy atom. The molecule has 2 aliphatic rings. The monoisotopic (exact) mass is 405 g/mol. The summed E-state index contributed by atoms with van der Waals surface area (Å²) in [5.41, 5.74) is 1.25. The summed E-state index contributed by atoms with van der Waals surface area (Å²) in [7, 11) is 0. The van der Waals surface area contributed by atoms with E-state index in [9.17, 15) is 4.79 Å². The second kappa shape index (κ2) is 10.6. The molecule has 1 aromatic carbocycles. The maximum absolute atomic E-state index is 12.5. The lowest BCUT2D eigenvalue weighted by Gasteiger charge is -2.35. The highest BCUT2D eigenvalue weighted by Crippen LogP contribution is 2.22. The molecule has 28 heavy (non-hydrogen) atoms. The first-order chi connectivity index (χ1) is 13.5. The molecule has 2 aliphatic heterocycles. The van der Waals surface area contributed by atoms with Crippen molar-refractivity contribution < 1.29 is 4.79 Å². The van der Waals surface area contributed by atoms with Gasteiger partial charge in [-0.3, -0.25) is 9.69 Å². The van der Waals surface area contributed by atoms with E-state index in [1.165, 1.54) is 25.1 Å². The molecule has 1 N–H and O–H groups in total. The Balaban J connectivity index is 1.30. The number of halogens is 1. The van der Waals surface area contributed by atoms with Crippen molar-refractivity contribution in [2.75, 3.05) is 39.3 Å². The average molecular weight is 406 g/mol. The number of carbonyl (C=O) groups is 1. The van der Waals surface area contributed by atoms with E-state index in [0.717, 1.165) is 68.8 Å². The topological polar surface area (TPSA) is 35.6 Å². The van der Waals surface area contributed by atoms with Gasteiger partial charge >= 0.3 is 0 Å². The van der Waals surface area contributed by atoms with Crippen molar-refractivity contribution in [2.24, 2.45) is 17.8 Å². The third-order valence-electron chi connectivity index (χ3n) is 6.15. The predicted molar refractivity (Wildman–Crippen MR) is 116 cm³/mol. The van der Waals surface area contributed by atoms with Crippen molar-refractivity contribution in [1.82, 2.24) is 15.1 Å². The van der Waals surface area contributed by atoms with Gasteiger partial charge in [-0.25, -0.2) is 0 Å². The molecule has 5 heteroatoms. The zero-order valence-corrected chi connectivity index (χ0v) is 18.3. The van der Waals surface area contributed by atoms with E-state index < -0.39 is 0 Å². The summed E-state index contributed by atoms with van der Waals surface area (Å²) in [5.74, 6) is 2.03. The Morgan fingerprint density at radius 3 is 2.54 bits per heavy atom. The number of piperidine rings is 2. The number of carbonyl (C=O) groups excluding carboxylic acids is 1. The Labute approximate surface area is 175 Å². The van der Waals surface area contributed by atoms with E-state index in [2.05, 4.69) is 35.0 Å². The molecule has 4 nitrogen and oxygen atoms in total. The third kappa shape index (κ3) is 6.75. The molecule has 1 aromatic rings. The quantitative estimate of drug-likeness (QED) is 0.695. The van der Waals surface area contributed by atoms with E-state index in [1.54, 1.807) is 0 Å². The van der Waals surface area contributed by atoms with Gasteiger partial charge in [0.05, 0.1) is 0 Å². The molecule has 3 rings (SSSR count). The van der Waals surface area contributed by atoms with Crippen molar-refractivity contribution in [2.45, 2.75) is 46.1 Å². The van der Waals surface area contributed by atoms with Crippen molar-refractivity contribution in [1.29, 1.82) is 0 Å². The van der Waals surface area contributed by atoms with Gasteiger partial charge in [-0.2, -0.15) is 0 Å². The summed E-state index contributed by atoms with van der Waals surface area (Å²) in [5, 5.41) is 3.98. The van der Waals surface area contributed by atoms with Crippen LogP contribution >= 0.6 is 11.6 Å². The summed E-state index contributed by atoms with van der Waals surface area (Å²) in [4.78, 5) is 17.5. The van der Waals surface area contributed by atoms with Gasteiger partial charge in [0.1, 0.15) is 0 Å². The smallest absolute Gasteiger partial charge is 0.223 e. The summed E-state index contributed by atoms with van der Waals surface area (Å²) in [6, 6.07) is 8.07. The standard InChI is InChI=1S/C23H36ClN3O/c1-18-13-19(2)16-27(15-18)10-4-9-25-23(28)21-7-11-26(12-8-21)17-20-5-3-6-22(24)14-20/h3,5-6,14,18-19,21H,4,7-13,15-17H2,1-2H3,(H,25,28)/t18-,19+. The minimum absolute atomic E-state index is 0.172. The largest absolute Gasteiger partial charge is 0.356 e. The first-order valence-electron chi connectivity index (χ1n) is 11.0. The molecule has 156 valence electrons. The normalized spacial score (nSPS) is 25.0. The average Bonchev–Trinajstić information content (AvgIpc) is 2.65. The highest BCUT2D eigenvalue weighted by Gasteiger charge is 2.25. The fraction of sp³-hybridized carbons (Fsp3) is 0.696. The molecule has 0 radical (unpaired) electrons. The van der Waals surface area contributed by atoms with Crippen LogP contribution in [0.15, 0.2) is 24.3 Å². The van der Waals surface area contributed by atoms with Crippen LogP contribution in [0.2, 0.25) is 5.02 Å². The zero-order valence-electron chi connectivity index (χ0n) is 17.5. The van der Waals surface area contributed by atoms with Gasteiger partial charge in [-0.1, -0.05) is 37.6 Å². The Morgan fingerprint density at radius 1 is 1.14 bits per heavy atom. The minimum atomic E-state index is 0.172. The second-order valence-electron chi connectivity index (χ2n) is 9.03. The highest BCUT2D eigenvalue weighted by molar-refractivity contribution is 6.30. The molecule has 0 aromatic heterocycles. The highest BCUT2D eigenvalue weighted by atomic mass is 35.5. The van der Waals surface area contributed by atoms with E-state index in [1.807, 2.05) is 18.2 Å². The number of nitrogens with one attached hydrogen (secondary N) is 1. The molecule has 2 heterocycles. The number of nitrogens with zero attached hydrogens (tertiary/aromatic N) is 2. The number of benzene rings is 1. The zero-order chi connectivity index (χ0) is 19.9. The number of hydrogen-bond donors (Lipinski definition) is 1. The SMILES string of the molecule is C[C@@H]1C[C@H](C)CN(CCCNC(=O)C2CCN(Cc3cccc(Cl)c3)CC2)C1. The van der Waals surface area contributed by atoms with Crippen molar-refractivity contribution in [3.05, 3.63) is 34.9 Å². The second-order valence-corrected chi connectivity index (χ2v) is 9.47. The molecule has 0 saturated carbocycles. The lowest BCUT2D eigenvalue weighted by molar-refractivity contribution is -0.126. The maximum Gasteiger partial charge on any atom is 0.223 e. The van der Waals surface area contributed by atoms with E-state index in [-0.39, 0.29) is 11.8 Å². The van der Waals surface area contributed by atoms with Crippen LogP contribution in [0.1, 0.15) is 45.1 Å². The Hall–Kier alpha value is -1.10. The lowest BCUT2D eigenvalue weighted by Crippen LogP contribution is -2.42. The summed E-state index contributed by atoms with van der Waals surface area (Å²) in [6.07, 6.45) is 4.31. The van der Waals surface area contributed by atoms with Crippen LogP contribution in [0, 0.1) is 17.8 Å². The lowest BCUT2D eigenvalue weighted by atomic mass is 9.92. The van der Waals surface area contributed by atoms with Gasteiger partial charge in [0, 0.05) is 37.1 Å².